The van der Waals surface area contributed by atoms with Gasteiger partial charge in [0.05, 0.1) is 0 Å². The largest absolute Gasteiger partial charge is 0.456 e. The van der Waals surface area contributed by atoms with Gasteiger partial charge in [-0.25, -0.2) is 0 Å². The van der Waals surface area contributed by atoms with Crippen molar-refractivity contribution < 1.29 is 14.4 Å². The van der Waals surface area contributed by atoms with Gasteiger partial charge >= 0.3 is 0 Å². The molecule has 1 aliphatic carbocycles. The summed E-state index contributed by atoms with van der Waals surface area (Å²) in [5, 5.41) is 14.7. The molecule has 6 heteroatoms. The molecule has 98 valence electrons. The summed E-state index contributed by atoms with van der Waals surface area (Å²) in [4.78, 5) is 12.0. The monoisotopic (exact) mass is 251 g/mol. The summed E-state index contributed by atoms with van der Waals surface area (Å²) in [7, 11) is 0. The molecule has 18 heavy (non-hydrogen) atoms. The number of nitrogens with one attached hydrogen (secondary N) is 1. The van der Waals surface area contributed by atoms with E-state index in [-0.39, 0.29) is 17.5 Å². The fraction of sp³-hybridized carbons (Fsp3) is 0.500. The van der Waals surface area contributed by atoms with Crippen LogP contribution in [0.25, 0.3) is 0 Å². The van der Waals surface area contributed by atoms with Crippen LogP contribution in [0, 0.1) is 6.92 Å². The van der Waals surface area contributed by atoms with Crippen LogP contribution in [0.1, 0.15) is 42.0 Å². The fourth-order valence-corrected chi connectivity index (χ4v) is 2.35. The van der Waals surface area contributed by atoms with Crippen molar-refractivity contribution in [2.24, 2.45) is 10.9 Å². The summed E-state index contributed by atoms with van der Waals surface area (Å²) in [5.74, 6) is 0.627. The van der Waals surface area contributed by atoms with Gasteiger partial charge in [0, 0.05) is 0 Å². The predicted octanol–water partition coefficient (Wildman–Crippen LogP) is 1.38. The minimum absolute atomic E-state index is 0.0524. The average Bonchev–Trinajstić information content (AvgIpc) is 2.98. The molecule has 0 saturated heterocycles. The average molecular weight is 251 g/mol. The fourth-order valence-electron chi connectivity index (χ4n) is 2.35. The Bertz CT molecular complexity index is 473. The first-order valence-corrected chi connectivity index (χ1v) is 5.94. The van der Waals surface area contributed by atoms with Crippen molar-refractivity contribution in [3.8, 4) is 0 Å². The highest BCUT2D eigenvalue weighted by molar-refractivity contribution is 5.99. The Kier molecular flexibility index (Phi) is 3.27. The highest BCUT2D eigenvalue weighted by atomic mass is 16.4. The Morgan fingerprint density at radius 3 is 2.67 bits per heavy atom. The number of hydrogen-bond donors (Lipinski definition) is 3. The lowest BCUT2D eigenvalue weighted by Gasteiger charge is -2.28. The first kappa shape index (κ1) is 12.5. The van der Waals surface area contributed by atoms with Gasteiger partial charge in [-0.15, -0.1) is 0 Å². The number of nitrogens with two attached hydrogens (primary N) is 1. The molecule has 0 spiro atoms. The molecule has 0 atom stereocenters. The van der Waals surface area contributed by atoms with E-state index in [9.17, 15) is 4.79 Å². The minimum Gasteiger partial charge on any atom is -0.456 e. The number of hydrogen-bond acceptors (Lipinski definition) is 4. The molecule has 1 amide bonds. The minimum atomic E-state index is -0.744. The molecule has 0 bridgehead atoms. The number of aryl methyl sites for hydroxylation is 1. The number of furan rings is 1. The summed E-state index contributed by atoms with van der Waals surface area (Å²) in [6, 6.07) is 3.33. The van der Waals surface area contributed by atoms with E-state index < -0.39 is 5.54 Å². The highest BCUT2D eigenvalue weighted by Crippen LogP contribution is 2.30. The molecule has 0 aromatic carbocycles. The lowest BCUT2D eigenvalue weighted by Crippen LogP contribution is -2.55. The van der Waals surface area contributed by atoms with Gasteiger partial charge in [-0.2, -0.15) is 0 Å². The van der Waals surface area contributed by atoms with Crippen LogP contribution in [0.15, 0.2) is 21.7 Å². The molecular weight excluding hydrogens is 234 g/mol. The molecule has 1 aromatic rings. The van der Waals surface area contributed by atoms with Crippen LogP contribution in [-0.4, -0.2) is 22.5 Å². The van der Waals surface area contributed by atoms with Crippen LogP contribution in [0.3, 0.4) is 0 Å². The van der Waals surface area contributed by atoms with Gasteiger partial charge in [-0.3, -0.25) is 4.79 Å². The molecule has 0 unspecified atom stereocenters. The Hall–Kier alpha value is -1.98. The van der Waals surface area contributed by atoms with E-state index in [0.717, 1.165) is 12.8 Å². The second-order valence-electron chi connectivity index (χ2n) is 4.64. The van der Waals surface area contributed by atoms with Crippen molar-refractivity contribution in [2.75, 3.05) is 0 Å². The van der Waals surface area contributed by atoms with E-state index in [2.05, 4.69) is 10.5 Å². The van der Waals surface area contributed by atoms with Crippen LogP contribution in [0.2, 0.25) is 0 Å². The maximum absolute atomic E-state index is 12.0. The molecule has 4 N–H and O–H groups in total. The van der Waals surface area contributed by atoms with Gasteiger partial charge in [0.1, 0.15) is 11.3 Å². The first-order chi connectivity index (χ1) is 8.57. The van der Waals surface area contributed by atoms with E-state index >= 15 is 0 Å². The molecule has 1 aliphatic rings. The van der Waals surface area contributed by atoms with Crippen molar-refractivity contribution >= 4 is 11.7 Å². The molecule has 6 nitrogen and oxygen atoms in total. The van der Waals surface area contributed by atoms with Crippen LogP contribution in [-0.2, 0) is 0 Å². The van der Waals surface area contributed by atoms with E-state index in [1.807, 2.05) is 0 Å². The van der Waals surface area contributed by atoms with Gasteiger partial charge in [0.2, 0.25) is 0 Å². The van der Waals surface area contributed by atoms with Crippen molar-refractivity contribution in [3.63, 3.8) is 0 Å². The summed E-state index contributed by atoms with van der Waals surface area (Å²) < 4.78 is 5.26. The van der Waals surface area contributed by atoms with E-state index in [1.165, 1.54) is 0 Å². The van der Waals surface area contributed by atoms with Crippen LogP contribution in [0.5, 0.6) is 0 Å². The second kappa shape index (κ2) is 4.72. The van der Waals surface area contributed by atoms with Gasteiger partial charge in [-0.05, 0) is 31.9 Å². The number of amidine groups is 1. The van der Waals surface area contributed by atoms with Gasteiger partial charge in [-0.1, -0.05) is 18.0 Å². The molecule has 1 heterocycles. The predicted molar refractivity (Wildman–Crippen MR) is 65.5 cm³/mol. The number of nitrogens with zero attached hydrogens (tertiary/aromatic N) is 1. The third-order valence-electron chi connectivity index (χ3n) is 3.37. The second-order valence-corrected chi connectivity index (χ2v) is 4.64. The van der Waals surface area contributed by atoms with Gasteiger partial charge < -0.3 is 20.7 Å². The zero-order valence-corrected chi connectivity index (χ0v) is 10.3. The highest BCUT2D eigenvalue weighted by Gasteiger charge is 2.40. The van der Waals surface area contributed by atoms with E-state index in [4.69, 9.17) is 15.4 Å². The molecule has 0 aliphatic heterocycles. The number of carbonyl (C=O) groups excluding carboxylic acids is 1. The lowest BCUT2D eigenvalue weighted by atomic mass is 9.96. The molecule has 1 fully saturated rings. The number of oxime groups is 1. The normalized spacial score (nSPS) is 18.8. The van der Waals surface area contributed by atoms with Gasteiger partial charge in [0.25, 0.3) is 5.91 Å². The number of amides is 1. The molecule has 2 rings (SSSR count). The Balaban J connectivity index is 2.17. The van der Waals surface area contributed by atoms with E-state index in [1.54, 1.807) is 19.1 Å². The number of carbonyl (C=O) groups is 1. The number of rotatable bonds is 3. The van der Waals surface area contributed by atoms with Crippen molar-refractivity contribution in [1.29, 1.82) is 0 Å². The summed E-state index contributed by atoms with van der Waals surface area (Å²) in [6.07, 6.45) is 3.23. The maximum Gasteiger partial charge on any atom is 0.287 e. The van der Waals surface area contributed by atoms with Crippen molar-refractivity contribution in [1.82, 2.24) is 5.32 Å². The van der Waals surface area contributed by atoms with Crippen LogP contribution < -0.4 is 11.1 Å². The lowest BCUT2D eigenvalue weighted by molar-refractivity contribution is 0.0893. The third-order valence-corrected chi connectivity index (χ3v) is 3.37. The topological polar surface area (TPSA) is 101 Å². The first-order valence-electron chi connectivity index (χ1n) is 5.94. The Morgan fingerprint density at radius 1 is 1.50 bits per heavy atom. The third kappa shape index (κ3) is 2.18. The summed E-state index contributed by atoms with van der Waals surface area (Å²) >= 11 is 0. The van der Waals surface area contributed by atoms with Gasteiger partial charge in [0.15, 0.2) is 11.6 Å². The molecule has 1 saturated carbocycles. The molecular formula is C12H17N3O3. The zero-order valence-electron chi connectivity index (χ0n) is 10.3. The maximum atomic E-state index is 12.0. The summed E-state index contributed by atoms with van der Waals surface area (Å²) in [5.41, 5.74) is 4.96. The zero-order chi connectivity index (χ0) is 13.2. The Morgan fingerprint density at radius 2 is 2.17 bits per heavy atom. The van der Waals surface area contributed by atoms with Crippen LogP contribution >= 0.6 is 0 Å². The Labute approximate surface area is 105 Å². The van der Waals surface area contributed by atoms with Crippen molar-refractivity contribution in [3.05, 3.63) is 23.7 Å². The van der Waals surface area contributed by atoms with Crippen LogP contribution in [0.4, 0.5) is 0 Å². The van der Waals surface area contributed by atoms with E-state index in [0.29, 0.717) is 18.6 Å². The standard InChI is InChI=1S/C12H17N3O3/c1-8-4-5-9(18-8)10(16)14-12(11(13)15-17)6-2-3-7-12/h4-5,17H,2-3,6-7H2,1H3,(H2,13,15)(H,14,16). The molecule has 0 radical (unpaired) electrons. The quantitative estimate of drug-likeness (QED) is 0.327. The molecule has 1 aromatic heterocycles. The SMILES string of the molecule is Cc1ccc(C(=O)NC2(/C(N)=N/O)CCCC2)o1. The summed E-state index contributed by atoms with van der Waals surface area (Å²) in [6.45, 7) is 1.77. The smallest absolute Gasteiger partial charge is 0.287 e. The van der Waals surface area contributed by atoms with Crippen molar-refractivity contribution in [2.45, 2.75) is 38.1 Å².